The number of rotatable bonds is 7. The van der Waals surface area contributed by atoms with Gasteiger partial charge in [-0.15, -0.1) is 0 Å². The maximum Gasteiger partial charge on any atom is 0.339 e. The van der Waals surface area contributed by atoms with E-state index in [1.165, 1.54) is 6.07 Å². The summed E-state index contributed by atoms with van der Waals surface area (Å²) in [5, 5.41) is 26.2. The van der Waals surface area contributed by atoms with Gasteiger partial charge in [0.1, 0.15) is 13.2 Å². The number of hydrogen-bond donors (Lipinski definition) is 3. The lowest BCUT2D eigenvalue weighted by Gasteiger charge is -2.08. The number of aliphatic hydroxyl groups excluding tert-OH is 2. The van der Waals surface area contributed by atoms with Crippen molar-refractivity contribution >= 4 is 17.9 Å². The SMILES string of the molecule is O=C(OCCO)c1ccc(C(=O)OCCO)c(C(=O)O)c1. The second-order valence-electron chi connectivity index (χ2n) is 3.78. The van der Waals surface area contributed by atoms with Gasteiger partial charge >= 0.3 is 17.9 Å². The van der Waals surface area contributed by atoms with Crippen LogP contribution in [0.2, 0.25) is 0 Å². The molecule has 3 N–H and O–H groups in total. The number of esters is 2. The molecule has 114 valence electrons. The molecule has 0 spiro atoms. The van der Waals surface area contributed by atoms with Crippen molar-refractivity contribution in [3.05, 3.63) is 34.9 Å². The highest BCUT2D eigenvalue weighted by Gasteiger charge is 2.20. The van der Waals surface area contributed by atoms with Gasteiger partial charge in [-0.05, 0) is 18.2 Å². The minimum atomic E-state index is -1.41. The Hall–Kier alpha value is -2.45. The van der Waals surface area contributed by atoms with Crippen molar-refractivity contribution in [3.8, 4) is 0 Å². The first-order chi connectivity index (χ1) is 10.0. The molecule has 21 heavy (non-hydrogen) atoms. The lowest BCUT2D eigenvalue weighted by atomic mass is 10.0. The van der Waals surface area contributed by atoms with Crippen LogP contribution in [-0.4, -0.2) is 59.7 Å². The van der Waals surface area contributed by atoms with Crippen LogP contribution in [0.5, 0.6) is 0 Å². The predicted molar refractivity (Wildman–Crippen MR) is 68.1 cm³/mol. The first-order valence-electron chi connectivity index (χ1n) is 5.94. The van der Waals surface area contributed by atoms with Crippen LogP contribution < -0.4 is 0 Å². The van der Waals surface area contributed by atoms with E-state index in [0.717, 1.165) is 12.1 Å². The fourth-order valence-electron chi connectivity index (χ4n) is 1.46. The zero-order chi connectivity index (χ0) is 15.8. The van der Waals surface area contributed by atoms with Gasteiger partial charge in [0.05, 0.1) is 29.9 Å². The molecular weight excluding hydrogens is 284 g/mol. The van der Waals surface area contributed by atoms with Gasteiger partial charge in [-0.2, -0.15) is 0 Å². The molecule has 0 aliphatic rings. The normalized spacial score (nSPS) is 10.0. The molecule has 1 rings (SSSR count). The van der Waals surface area contributed by atoms with Gasteiger partial charge in [-0.3, -0.25) is 0 Å². The topological polar surface area (TPSA) is 130 Å². The Morgan fingerprint density at radius 3 is 2.00 bits per heavy atom. The average Bonchev–Trinajstić information content (AvgIpc) is 2.49. The van der Waals surface area contributed by atoms with Gasteiger partial charge in [0, 0.05) is 0 Å². The van der Waals surface area contributed by atoms with E-state index in [4.69, 9.17) is 15.3 Å². The van der Waals surface area contributed by atoms with Crippen molar-refractivity contribution in [2.75, 3.05) is 26.4 Å². The molecule has 0 aromatic heterocycles. The van der Waals surface area contributed by atoms with E-state index < -0.39 is 23.5 Å². The highest BCUT2D eigenvalue weighted by atomic mass is 16.5. The maximum absolute atomic E-state index is 11.6. The number of carbonyl (C=O) groups excluding carboxylic acids is 2. The van der Waals surface area contributed by atoms with Crippen LogP contribution in [-0.2, 0) is 9.47 Å². The van der Waals surface area contributed by atoms with Crippen LogP contribution in [0, 0.1) is 0 Å². The summed E-state index contributed by atoms with van der Waals surface area (Å²) in [6, 6.07) is 3.32. The Morgan fingerprint density at radius 2 is 1.48 bits per heavy atom. The van der Waals surface area contributed by atoms with Crippen LogP contribution in [0.25, 0.3) is 0 Å². The predicted octanol–water partition coefficient (Wildman–Crippen LogP) is -0.317. The molecule has 1 aromatic carbocycles. The monoisotopic (exact) mass is 298 g/mol. The molecule has 0 bridgehead atoms. The first kappa shape index (κ1) is 16.6. The third-order valence-corrected chi connectivity index (χ3v) is 2.35. The summed E-state index contributed by atoms with van der Waals surface area (Å²) in [7, 11) is 0. The van der Waals surface area contributed by atoms with E-state index in [1.807, 2.05) is 0 Å². The smallest absolute Gasteiger partial charge is 0.339 e. The van der Waals surface area contributed by atoms with Crippen LogP contribution in [0.4, 0.5) is 0 Å². The Labute approximate surface area is 119 Å². The summed E-state index contributed by atoms with van der Waals surface area (Å²) < 4.78 is 9.28. The van der Waals surface area contributed by atoms with Gasteiger partial charge in [0.25, 0.3) is 0 Å². The quantitative estimate of drug-likeness (QED) is 0.584. The first-order valence-corrected chi connectivity index (χ1v) is 5.94. The highest BCUT2D eigenvalue weighted by Crippen LogP contribution is 2.15. The Bertz CT molecular complexity index is 537. The van der Waals surface area contributed by atoms with Crippen LogP contribution in [0.3, 0.4) is 0 Å². The van der Waals surface area contributed by atoms with Crippen LogP contribution >= 0.6 is 0 Å². The van der Waals surface area contributed by atoms with Crippen molar-refractivity contribution in [3.63, 3.8) is 0 Å². The Balaban J connectivity index is 3.04. The zero-order valence-corrected chi connectivity index (χ0v) is 10.9. The van der Waals surface area contributed by atoms with Gasteiger partial charge in [0.15, 0.2) is 0 Å². The van der Waals surface area contributed by atoms with Crippen molar-refractivity contribution in [2.45, 2.75) is 0 Å². The van der Waals surface area contributed by atoms with Gasteiger partial charge in [-0.1, -0.05) is 0 Å². The highest BCUT2D eigenvalue weighted by molar-refractivity contribution is 6.04. The van der Waals surface area contributed by atoms with Gasteiger partial charge in [0.2, 0.25) is 0 Å². The average molecular weight is 298 g/mol. The molecule has 0 aliphatic heterocycles. The third kappa shape index (κ3) is 4.55. The molecule has 0 amide bonds. The van der Waals surface area contributed by atoms with Crippen molar-refractivity contribution in [1.82, 2.24) is 0 Å². The molecule has 0 atom stereocenters. The van der Waals surface area contributed by atoms with E-state index >= 15 is 0 Å². The summed E-state index contributed by atoms with van der Waals surface area (Å²) >= 11 is 0. The van der Waals surface area contributed by atoms with E-state index in [2.05, 4.69) is 9.47 Å². The summed E-state index contributed by atoms with van der Waals surface area (Å²) in [6.45, 7) is -1.23. The van der Waals surface area contributed by atoms with E-state index in [9.17, 15) is 14.4 Å². The van der Waals surface area contributed by atoms with Gasteiger partial charge < -0.3 is 24.8 Å². The number of carboxylic acid groups (broad SMARTS) is 1. The summed E-state index contributed by atoms with van der Waals surface area (Å²) in [4.78, 5) is 34.3. The number of aromatic carboxylic acids is 1. The lowest BCUT2D eigenvalue weighted by Crippen LogP contribution is -2.16. The van der Waals surface area contributed by atoms with Crippen LogP contribution in [0.15, 0.2) is 18.2 Å². The second-order valence-corrected chi connectivity index (χ2v) is 3.78. The number of aliphatic hydroxyl groups is 2. The van der Waals surface area contributed by atoms with Gasteiger partial charge in [-0.25, -0.2) is 14.4 Å². The molecule has 8 heteroatoms. The second kappa shape index (κ2) is 7.98. The number of carbonyl (C=O) groups is 3. The van der Waals surface area contributed by atoms with Crippen LogP contribution in [0.1, 0.15) is 31.1 Å². The summed E-state index contributed by atoms with van der Waals surface area (Å²) in [5.41, 5.74) is -0.731. The Morgan fingerprint density at radius 1 is 0.905 bits per heavy atom. The number of carboxylic acids is 1. The molecule has 0 fully saturated rings. The molecule has 0 radical (unpaired) electrons. The fourth-order valence-corrected chi connectivity index (χ4v) is 1.46. The maximum atomic E-state index is 11.6. The minimum absolute atomic E-state index is 0.0699. The van der Waals surface area contributed by atoms with E-state index in [0.29, 0.717) is 0 Å². The molecule has 0 saturated carbocycles. The largest absolute Gasteiger partial charge is 0.478 e. The molecule has 1 aromatic rings. The minimum Gasteiger partial charge on any atom is -0.478 e. The van der Waals surface area contributed by atoms with Crippen molar-refractivity contribution in [2.24, 2.45) is 0 Å². The lowest BCUT2D eigenvalue weighted by molar-refractivity contribution is 0.0417. The third-order valence-electron chi connectivity index (χ3n) is 2.35. The van der Waals surface area contributed by atoms with Crippen molar-refractivity contribution in [1.29, 1.82) is 0 Å². The number of ether oxygens (including phenoxy) is 2. The molecule has 0 aliphatic carbocycles. The molecule has 0 unspecified atom stereocenters. The molecule has 0 heterocycles. The van der Waals surface area contributed by atoms with E-state index in [-0.39, 0.29) is 37.6 Å². The van der Waals surface area contributed by atoms with Crippen molar-refractivity contribution < 1.29 is 39.2 Å². The molecule has 0 saturated heterocycles. The number of benzene rings is 1. The molecule has 8 nitrogen and oxygen atoms in total. The molecular formula is C13H14O8. The summed E-state index contributed by atoms with van der Waals surface area (Å²) in [5.74, 6) is -3.15. The Kier molecular flexibility index (Phi) is 6.31. The zero-order valence-electron chi connectivity index (χ0n) is 10.9. The summed E-state index contributed by atoms with van der Waals surface area (Å²) in [6.07, 6.45) is 0. The van der Waals surface area contributed by atoms with E-state index in [1.54, 1.807) is 0 Å². The standard InChI is InChI=1S/C13H14O8/c14-3-5-20-12(18)8-1-2-9(10(7-8)11(16)17)13(19)21-6-4-15/h1-2,7,14-15H,3-6H2,(H,16,17). The number of hydrogen-bond acceptors (Lipinski definition) is 7. The fraction of sp³-hybridized carbons (Fsp3) is 0.308.